The van der Waals surface area contributed by atoms with Crippen molar-refractivity contribution in [1.29, 1.82) is 0 Å². The van der Waals surface area contributed by atoms with Gasteiger partial charge < -0.3 is 4.74 Å². The highest BCUT2D eigenvalue weighted by molar-refractivity contribution is 7.89. The van der Waals surface area contributed by atoms with Crippen LogP contribution in [0.3, 0.4) is 0 Å². The summed E-state index contributed by atoms with van der Waals surface area (Å²) in [7, 11) is -2.35. The fourth-order valence-corrected chi connectivity index (χ4v) is 3.60. The monoisotopic (exact) mass is 369 g/mol. The molecule has 24 heavy (non-hydrogen) atoms. The number of ether oxygens (including phenoxy) is 1. The van der Waals surface area contributed by atoms with E-state index in [-0.39, 0.29) is 10.6 Å². The van der Waals surface area contributed by atoms with Crippen LogP contribution in [0.5, 0.6) is 0 Å². The van der Waals surface area contributed by atoms with E-state index in [1.54, 1.807) is 13.0 Å². The van der Waals surface area contributed by atoms with Gasteiger partial charge >= 0.3 is 5.69 Å². The summed E-state index contributed by atoms with van der Waals surface area (Å²) in [6.45, 7) is 2.43. The fraction of sp³-hybridized carbons (Fsp3) is 0.308. The molecule has 1 aromatic carbocycles. The van der Waals surface area contributed by atoms with Crippen LogP contribution in [0.4, 0.5) is 0 Å². The van der Waals surface area contributed by atoms with Crippen molar-refractivity contribution in [3.8, 4) is 5.13 Å². The second kappa shape index (κ2) is 6.09. The van der Waals surface area contributed by atoms with E-state index < -0.39 is 10.0 Å². The quantitative estimate of drug-likeness (QED) is 0.688. The third kappa shape index (κ3) is 2.86. The van der Waals surface area contributed by atoms with Crippen LogP contribution in [0.2, 0.25) is 0 Å². The van der Waals surface area contributed by atoms with E-state index >= 15 is 0 Å². The summed E-state index contributed by atoms with van der Waals surface area (Å²) in [5, 5.41) is 14.2. The molecule has 0 spiro atoms. The molecular weight excluding hydrogens is 354 g/mol. The number of primary sulfonamides is 1. The Labute approximate surface area is 141 Å². The molecule has 0 unspecified atom stereocenters. The summed E-state index contributed by atoms with van der Waals surface area (Å²) < 4.78 is 31.1. The van der Waals surface area contributed by atoms with Crippen molar-refractivity contribution < 1.29 is 13.2 Å². The first kappa shape index (κ1) is 16.8. The molecule has 0 saturated carbocycles. The van der Waals surface area contributed by atoms with E-state index in [4.69, 9.17) is 9.88 Å². The molecule has 11 heteroatoms. The summed E-state index contributed by atoms with van der Waals surface area (Å²) in [5.74, 6) is 0. The molecule has 2 N–H and O–H groups in total. The second-order valence-corrected chi connectivity index (χ2v) is 7.78. The van der Waals surface area contributed by atoms with Crippen molar-refractivity contribution in [2.75, 3.05) is 13.7 Å². The Bertz CT molecular complexity index is 1060. The van der Waals surface area contributed by atoms with Crippen LogP contribution in [0.1, 0.15) is 5.01 Å². The van der Waals surface area contributed by atoms with Gasteiger partial charge in [-0.1, -0.05) is 11.3 Å². The van der Waals surface area contributed by atoms with Gasteiger partial charge in [0.1, 0.15) is 5.01 Å². The van der Waals surface area contributed by atoms with Gasteiger partial charge in [0.2, 0.25) is 15.2 Å². The molecule has 0 radical (unpaired) electrons. The third-order valence-corrected chi connectivity index (χ3v) is 5.19. The Balaban J connectivity index is 2.35. The lowest BCUT2D eigenvalue weighted by molar-refractivity contribution is 0.187. The number of rotatable bonds is 5. The Hall–Kier alpha value is -2.08. The maximum atomic E-state index is 12.8. The van der Waals surface area contributed by atoms with Crippen LogP contribution in [0, 0.1) is 6.92 Å². The van der Waals surface area contributed by atoms with Crippen molar-refractivity contribution in [3.05, 3.63) is 33.7 Å². The summed E-state index contributed by atoms with van der Waals surface area (Å²) in [6.07, 6.45) is 0. The van der Waals surface area contributed by atoms with Gasteiger partial charge in [0.05, 0.1) is 29.1 Å². The lowest BCUT2D eigenvalue weighted by Gasteiger charge is -2.02. The topological polar surface area (TPSA) is 122 Å². The highest BCUT2D eigenvalue weighted by Gasteiger charge is 2.19. The molecule has 9 nitrogen and oxygen atoms in total. The average Bonchev–Trinajstić information content (AvgIpc) is 3.04. The number of sulfonamides is 1. The predicted octanol–water partition coefficient (Wildman–Crippen LogP) is 0.246. The first-order valence-corrected chi connectivity index (χ1v) is 9.26. The first-order chi connectivity index (χ1) is 11.3. The molecule has 3 aromatic rings. The van der Waals surface area contributed by atoms with Crippen molar-refractivity contribution in [2.24, 2.45) is 5.14 Å². The van der Waals surface area contributed by atoms with E-state index in [1.165, 1.54) is 39.7 Å². The van der Waals surface area contributed by atoms with E-state index in [0.717, 1.165) is 0 Å². The number of aromatic nitrogens is 4. The number of fused-ring (bicyclic) bond motifs is 1. The third-order valence-electron chi connectivity index (χ3n) is 3.45. The standard InChI is InChI=1S/C13H15N5O4S2/c1-8-15-16-12(23-8)18-11-7-9(24(14,20)21)3-4-10(11)17(13(18)19)5-6-22-2/h3-4,7H,5-6H2,1-2H3,(H2,14,20,21). The van der Waals surface area contributed by atoms with Gasteiger partial charge in [-0.25, -0.2) is 22.9 Å². The number of aryl methyl sites for hydroxylation is 1. The Morgan fingerprint density at radius 2 is 2.04 bits per heavy atom. The number of hydrogen-bond donors (Lipinski definition) is 1. The normalized spacial score (nSPS) is 12.1. The average molecular weight is 369 g/mol. The van der Waals surface area contributed by atoms with Crippen LogP contribution < -0.4 is 10.8 Å². The van der Waals surface area contributed by atoms with Gasteiger partial charge in [0.15, 0.2) is 0 Å². The number of benzene rings is 1. The number of nitrogens with zero attached hydrogens (tertiary/aromatic N) is 4. The highest BCUT2D eigenvalue weighted by Crippen LogP contribution is 2.22. The molecule has 0 amide bonds. The van der Waals surface area contributed by atoms with Gasteiger partial charge in [0, 0.05) is 7.11 Å². The molecule has 0 aliphatic carbocycles. The molecular formula is C13H15N5O4S2. The Kier molecular flexibility index (Phi) is 4.25. The zero-order valence-electron chi connectivity index (χ0n) is 13.0. The number of methoxy groups -OCH3 is 1. The van der Waals surface area contributed by atoms with Crippen LogP contribution in [-0.4, -0.2) is 41.5 Å². The molecule has 2 aromatic heterocycles. The van der Waals surface area contributed by atoms with Crippen LogP contribution in [0.25, 0.3) is 16.2 Å². The maximum Gasteiger partial charge on any atom is 0.335 e. The zero-order chi connectivity index (χ0) is 17.5. The molecule has 0 saturated heterocycles. The largest absolute Gasteiger partial charge is 0.383 e. The van der Waals surface area contributed by atoms with Crippen molar-refractivity contribution in [2.45, 2.75) is 18.4 Å². The zero-order valence-corrected chi connectivity index (χ0v) is 14.6. The van der Waals surface area contributed by atoms with Gasteiger partial charge in [-0.05, 0) is 25.1 Å². The SMILES string of the molecule is COCCn1c(=O)n(-c2nnc(C)s2)c2cc(S(N)(=O)=O)ccc21. The summed E-state index contributed by atoms with van der Waals surface area (Å²) >= 11 is 1.24. The first-order valence-electron chi connectivity index (χ1n) is 6.90. The van der Waals surface area contributed by atoms with Gasteiger partial charge in [-0.15, -0.1) is 10.2 Å². The Morgan fingerprint density at radius 3 is 2.62 bits per heavy atom. The smallest absolute Gasteiger partial charge is 0.335 e. The molecule has 0 atom stereocenters. The second-order valence-electron chi connectivity index (χ2n) is 5.06. The number of nitrogens with two attached hydrogens (primary N) is 1. The minimum absolute atomic E-state index is 0.0751. The molecule has 0 aliphatic heterocycles. The molecule has 128 valence electrons. The molecule has 0 aliphatic rings. The van der Waals surface area contributed by atoms with Gasteiger partial charge in [-0.2, -0.15) is 0 Å². The van der Waals surface area contributed by atoms with Crippen LogP contribution >= 0.6 is 11.3 Å². The van der Waals surface area contributed by atoms with E-state index in [2.05, 4.69) is 10.2 Å². The van der Waals surface area contributed by atoms with E-state index in [9.17, 15) is 13.2 Å². The fourth-order valence-electron chi connectivity index (χ4n) is 2.37. The molecule has 0 fully saturated rings. The van der Waals surface area contributed by atoms with Crippen molar-refractivity contribution in [3.63, 3.8) is 0 Å². The molecule has 0 bridgehead atoms. The molecule has 3 rings (SSSR count). The highest BCUT2D eigenvalue weighted by atomic mass is 32.2. The van der Waals surface area contributed by atoms with Crippen LogP contribution in [-0.2, 0) is 21.3 Å². The Morgan fingerprint density at radius 1 is 1.29 bits per heavy atom. The van der Waals surface area contributed by atoms with Crippen molar-refractivity contribution >= 4 is 32.4 Å². The predicted molar refractivity (Wildman–Crippen MR) is 89.0 cm³/mol. The summed E-state index contributed by atoms with van der Waals surface area (Å²) in [6, 6.07) is 4.29. The van der Waals surface area contributed by atoms with Gasteiger partial charge in [-0.3, -0.25) is 4.57 Å². The lowest BCUT2D eigenvalue weighted by atomic mass is 10.3. The maximum absolute atomic E-state index is 12.8. The number of imidazole rings is 1. The van der Waals surface area contributed by atoms with E-state index in [0.29, 0.717) is 34.3 Å². The van der Waals surface area contributed by atoms with Gasteiger partial charge in [0.25, 0.3) is 0 Å². The minimum atomic E-state index is -3.89. The number of hydrogen-bond acceptors (Lipinski definition) is 7. The summed E-state index contributed by atoms with van der Waals surface area (Å²) in [4.78, 5) is 12.7. The van der Waals surface area contributed by atoms with Crippen LogP contribution in [0.15, 0.2) is 27.9 Å². The lowest BCUT2D eigenvalue weighted by Crippen LogP contribution is -2.24. The van der Waals surface area contributed by atoms with E-state index in [1.807, 2.05) is 0 Å². The molecule has 2 heterocycles. The minimum Gasteiger partial charge on any atom is -0.383 e. The van der Waals surface area contributed by atoms with Crippen molar-refractivity contribution in [1.82, 2.24) is 19.3 Å². The summed E-state index contributed by atoms with van der Waals surface area (Å²) in [5.41, 5.74) is 0.626.